The minimum atomic E-state index is -0.305. The summed E-state index contributed by atoms with van der Waals surface area (Å²) in [5, 5.41) is 2.65. The average molecular weight is 286 g/mol. The van der Waals surface area contributed by atoms with Gasteiger partial charge in [0, 0.05) is 33.0 Å². The first kappa shape index (κ1) is 18.4. The summed E-state index contributed by atoms with van der Waals surface area (Å²) in [7, 11) is 0. The van der Waals surface area contributed by atoms with Crippen LogP contribution in [-0.2, 0) is 19.1 Å². The van der Waals surface area contributed by atoms with Gasteiger partial charge in [0.2, 0.25) is 11.8 Å². The zero-order valence-electron chi connectivity index (χ0n) is 12.7. The second kappa shape index (κ2) is 11.3. The second-order valence-electron chi connectivity index (χ2n) is 4.52. The molecule has 0 aliphatic carbocycles. The molecule has 0 rings (SSSR count). The number of carbonyl (C=O) groups excluding carboxylic acids is 3. The molecule has 0 unspecified atom stereocenters. The predicted octanol–water partition coefficient (Wildman–Crippen LogP) is 1.09. The summed E-state index contributed by atoms with van der Waals surface area (Å²) in [4.78, 5) is 35.8. The molecule has 6 heteroatoms. The van der Waals surface area contributed by atoms with Crippen molar-refractivity contribution in [2.45, 2.75) is 46.5 Å². The maximum atomic E-state index is 12.0. The third-order valence-electron chi connectivity index (χ3n) is 2.74. The summed E-state index contributed by atoms with van der Waals surface area (Å²) < 4.78 is 4.85. The maximum absolute atomic E-state index is 12.0. The molecule has 0 fully saturated rings. The molecule has 0 radical (unpaired) electrons. The third kappa shape index (κ3) is 9.35. The van der Waals surface area contributed by atoms with Gasteiger partial charge in [-0.1, -0.05) is 13.3 Å². The van der Waals surface area contributed by atoms with E-state index in [0.29, 0.717) is 32.7 Å². The SMILES string of the molecule is CCCCC(=O)N(CCNC(C)=O)CCC(=O)OCC. The minimum absolute atomic E-state index is 0.0153. The van der Waals surface area contributed by atoms with Gasteiger partial charge in [-0.05, 0) is 13.3 Å². The first-order valence-corrected chi connectivity index (χ1v) is 7.19. The molecular formula is C14H26N2O4. The van der Waals surface area contributed by atoms with E-state index in [1.807, 2.05) is 6.92 Å². The fraction of sp³-hybridized carbons (Fsp3) is 0.786. The summed E-state index contributed by atoms with van der Waals surface area (Å²) in [5.74, 6) is -0.418. The van der Waals surface area contributed by atoms with Gasteiger partial charge in [-0.25, -0.2) is 0 Å². The Morgan fingerprint density at radius 3 is 2.35 bits per heavy atom. The van der Waals surface area contributed by atoms with Crippen molar-refractivity contribution in [1.82, 2.24) is 10.2 Å². The van der Waals surface area contributed by atoms with Gasteiger partial charge in [-0.3, -0.25) is 14.4 Å². The molecule has 1 N–H and O–H groups in total. The molecule has 0 aromatic carbocycles. The first-order chi connectivity index (χ1) is 9.51. The van der Waals surface area contributed by atoms with Gasteiger partial charge in [-0.15, -0.1) is 0 Å². The number of esters is 1. The lowest BCUT2D eigenvalue weighted by Gasteiger charge is -2.22. The van der Waals surface area contributed by atoms with E-state index in [9.17, 15) is 14.4 Å². The number of nitrogens with one attached hydrogen (secondary N) is 1. The van der Waals surface area contributed by atoms with Crippen molar-refractivity contribution in [2.24, 2.45) is 0 Å². The summed E-state index contributed by atoms with van der Waals surface area (Å²) in [6, 6.07) is 0. The van der Waals surface area contributed by atoms with Crippen molar-refractivity contribution in [3.8, 4) is 0 Å². The fourth-order valence-corrected chi connectivity index (χ4v) is 1.67. The quantitative estimate of drug-likeness (QED) is 0.610. The Hall–Kier alpha value is -1.59. The molecule has 0 saturated carbocycles. The molecule has 0 atom stereocenters. The molecule has 20 heavy (non-hydrogen) atoms. The fourth-order valence-electron chi connectivity index (χ4n) is 1.67. The van der Waals surface area contributed by atoms with Crippen LogP contribution in [-0.4, -0.2) is 48.9 Å². The van der Waals surface area contributed by atoms with Crippen LogP contribution < -0.4 is 5.32 Å². The second-order valence-corrected chi connectivity index (χ2v) is 4.52. The van der Waals surface area contributed by atoms with Crippen LogP contribution in [0.25, 0.3) is 0 Å². The molecule has 0 aromatic heterocycles. The highest BCUT2D eigenvalue weighted by Gasteiger charge is 2.14. The zero-order chi connectivity index (χ0) is 15.4. The Bertz CT molecular complexity index is 318. The van der Waals surface area contributed by atoms with E-state index < -0.39 is 0 Å². The molecule has 2 amide bonds. The maximum Gasteiger partial charge on any atom is 0.307 e. The lowest BCUT2D eigenvalue weighted by molar-refractivity contribution is -0.144. The topological polar surface area (TPSA) is 75.7 Å². The Balaban J connectivity index is 4.26. The number of rotatable bonds is 10. The van der Waals surface area contributed by atoms with Crippen LogP contribution in [0.2, 0.25) is 0 Å². The zero-order valence-corrected chi connectivity index (χ0v) is 12.7. The molecule has 0 aliphatic rings. The number of amides is 2. The Kier molecular flexibility index (Phi) is 10.4. The number of carbonyl (C=O) groups is 3. The lowest BCUT2D eigenvalue weighted by Crippen LogP contribution is -2.39. The standard InChI is InChI=1S/C14H26N2O4/c1-4-6-7-13(18)16(11-9-15-12(3)17)10-8-14(19)20-5-2/h4-11H2,1-3H3,(H,15,17). The van der Waals surface area contributed by atoms with Crippen molar-refractivity contribution in [2.75, 3.05) is 26.2 Å². The van der Waals surface area contributed by atoms with Crippen LogP contribution in [0.4, 0.5) is 0 Å². The molecule has 0 bridgehead atoms. The molecule has 0 aromatic rings. The van der Waals surface area contributed by atoms with E-state index in [2.05, 4.69) is 5.32 Å². The largest absolute Gasteiger partial charge is 0.466 e. The predicted molar refractivity (Wildman–Crippen MR) is 76.0 cm³/mol. The number of hydrogen-bond acceptors (Lipinski definition) is 4. The highest BCUT2D eigenvalue weighted by Crippen LogP contribution is 2.02. The van der Waals surface area contributed by atoms with Crippen molar-refractivity contribution >= 4 is 17.8 Å². The highest BCUT2D eigenvalue weighted by molar-refractivity contribution is 5.77. The van der Waals surface area contributed by atoms with E-state index in [0.717, 1.165) is 12.8 Å². The third-order valence-corrected chi connectivity index (χ3v) is 2.74. The summed E-state index contributed by atoms with van der Waals surface area (Å²) in [5.41, 5.74) is 0. The molecule has 0 spiro atoms. The lowest BCUT2D eigenvalue weighted by atomic mass is 10.2. The van der Waals surface area contributed by atoms with Gasteiger partial charge in [0.1, 0.15) is 0 Å². The summed E-state index contributed by atoms with van der Waals surface area (Å²) in [6.45, 7) is 6.70. The van der Waals surface area contributed by atoms with Crippen LogP contribution >= 0.6 is 0 Å². The first-order valence-electron chi connectivity index (χ1n) is 7.19. The van der Waals surface area contributed by atoms with Crippen LogP contribution in [0.1, 0.15) is 46.5 Å². The van der Waals surface area contributed by atoms with Gasteiger partial charge in [0.15, 0.2) is 0 Å². The van der Waals surface area contributed by atoms with Gasteiger partial charge in [0.25, 0.3) is 0 Å². The summed E-state index contributed by atoms with van der Waals surface area (Å²) in [6.07, 6.45) is 2.43. The van der Waals surface area contributed by atoms with Crippen LogP contribution in [0.15, 0.2) is 0 Å². The molecular weight excluding hydrogens is 260 g/mol. The normalized spacial score (nSPS) is 9.95. The van der Waals surface area contributed by atoms with E-state index >= 15 is 0 Å². The molecule has 0 aliphatic heterocycles. The molecule has 0 heterocycles. The van der Waals surface area contributed by atoms with E-state index in [-0.39, 0.29) is 24.2 Å². The van der Waals surface area contributed by atoms with Gasteiger partial charge < -0.3 is 15.0 Å². The van der Waals surface area contributed by atoms with Crippen molar-refractivity contribution in [1.29, 1.82) is 0 Å². The Morgan fingerprint density at radius 1 is 1.10 bits per heavy atom. The molecule has 6 nitrogen and oxygen atoms in total. The molecule has 116 valence electrons. The van der Waals surface area contributed by atoms with Gasteiger partial charge in [-0.2, -0.15) is 0 Å². The number of ether oxygens (including phenoxy) is 1. The minimum Gasteiger partial charge on any atom is -0.466 e. The van der Waals surface area contributed by atoms with E-state index in [4.69, 9.17) is 4.74 Å². The van der Waals surface area contributed by atoms with Crippen molar-refractivity contribution in [3.05, 3.63) is 0 Å². The Morgan fingerprint density at radius 2 is 1.80 bits per heavy atom. The number of unbranched alkanes of at least 4 members (excludes halogenated alkanes) is 1. The number of hydrogen-bond donors (Lipinski definition) is 1. The van der Waals surface area contributed by atoms with Gasteiger partial charge in [0.05, 0.1) is 13.0 Å². The van der Waals surface area contributed by atoms with Crippen molar-refractivity contribution in [3.63, 3.8) is 0 Å². The monoisotopic (exact) mass is 286 g/mol. The number of nitrogens with zero attached hydrogens (tertiary/aromatic N) is 1. The van der Waals surface area contributed by atoms with Crippen LogP contribution in [0.3, 0.4) is 0 Å². The average Bonchev–Trinajstić information content (AvgIpc) is 2.39. The highest BCUT2D eigenvalue weighted by atomic mass is 16.5. The van der Waals surface area contributed by atoms with Crippen molar-refractivity contribution < 1.29 is 19.1 Å². The smallest absolute Gasteiger partial charge is 0.307 e. The van der Waals surface area contributed by atoms with Crippen LogP contribution in [0, 0.1) is 0 Å². The Labute approximate surface area is 120 Å². The van der Waals surface area contributed by atoms with E-state index in [1.165, 1.54) is 6.92 Å². The molecule has 0 saturated heterocycles. The van der Waals surface area contributed by atoms with Crippen LogP contribution in [0.5, 0.6) is 0 Å². The van der Waals surface area contributed by atoms with Gasteiger partial charge >= 0.3 is 5.97 Å². The summed E-state index contributed by atoms with van der Waals surface area (Å²) >= 11 is 0. The van der Waals surface area contributed by atoms with E-state index in [1.54, 1.807) is 11.8 Å².